The van der Waals surface area contributed by atoms with E-state index in [1.54, 1.807) is 0 Å². The number of nitrogens with two attached hydrogens (primary N) is 1. The summed E-state index contributed by atoms with van der Waals surface area (Å²) in [6, 6.07) is 10.3. The third-order valence-electron chi connectivity index (χ3n) is 2.48. The number of aromatic nitrogens is 1. The topological polar surface area (TPSA) is 50.9 Å². The van der Waals surface area contributed by atoms with Gasteiger partial charge in [-0.05, 0) is 36.0 Å². The highest BCUT2D eigenvalue weighted by Gasteiger charge is 1.99. The molecule has 0 saturated heterocycles. The summed E-state index contributed by atoms with van der Waals surface area (Å²) >= 11 is 1.40. The van der Waals surface area contributed by atoms with Crippen molar-refractivity contribution in [2.24, 2.45) is 0 Å². The number of rotatable bonds is 4. The van der Waals surface area contributed by atoms with Crippen LogP contribution >= 0.6 is 11.5 Å². The summed E-state index contributed by atoms with van der Waals surface area (Å²) in [7, 11) is 0. The Hall–Kier alpha value is -1.55. The average Bonchev–Trinajstić information content (AvgIpc) is 2.67. The zero-order valence-electron chi connectivity index (χ0n) is 9.23. The Balaban J connectivity index is 1.87. The van der Waals surface area contributed by atoms with Crippen LogP contribution in [0, 0.1) is 6.92 Å². The molecule has 1 aromatic heterocycles. The lowest BCUT2D eigenvalue weighted by atomic mass is 10.1. The Morgan fingerprint density at radius 1 is 1.38 bits per heavy atom. The summed E-state index contributed by atoms with van der Waals surface area (Å²) in [5.74, 6) is 0.586. The second-order valence-corrected chi connectivity index (χ2v) is 4.52. The molecule has 1 heterocycles. The van der Waals surface area contributed by atoms with E-state index in [0.717, 1.165) is 18.0 Å². The van der Waals surface area contributed by atoms with Crippen LogP contribution in [0.4, 0.5) is 10.8 Å². The lowest BCUT2D eigenvalue weighted by Crippen LogP contribution is -2.04. The zero-order valence-corrected chi connectivity index (χ0v) is 10.1. The van der Waals surface area contributed by atoms with Gasteiger partial charge in [0.25, 0.3) is 0 Å². The molecule has 0 aliphatic rings. The highest BCUT2D eigenvalue weighted by molar-refractivity contribution is 7.10. The Morgan fingerprint density at radius 2 is 2.19 bits per heavy atom. The van der Waals surface area contributed by atoms with Crippen LogP contribution in [0.2, 0.25) is 0 Å². The van der Waals surface area contributed by atoms with Crippen molar-refractivity contribution in [1.29, 1.82) is 0 Å². The maximum atomic E-state index is 5.54. The Labute approximate surface area is 99.5 Å². The molecule has 2 rings (SSSR count). The van der Waals surface area contributed by atoms with Gasteiger partial charge in [-0.1, -0.05) is 24.3 Å². The van der Waals surface area contributed by atoms with Gasteiger partial charge < -0.3 is 11.1 Å². The summed E-state index contributed by atoms with van der Waals surface area (Å²) in [6.07, 6.45) is 1.02. The second kappa shape index (κ2) is 4.99. The SMILES string of the molecule is Cc1ccccc1CCNc1cc(N)ns1. The fourth-order valence-corrected chi connectivity index (χ4v) is 2.18. The predicted octanol–water partition coefficient (Wildman–Crippen LogP) is 2.69. The molecule has 3 nitrogen and oxygen atoms in total. The summed E-state index contributed by atoms with van der Waals surface area (Å²) in [5.41, 5.74) is 8.27. The van der Waals surface area contributed by atoms with E-state index < -0.39 is 0 Å². The van der Waals surface area contributed by atoms with Crippen LogP contribution in [0.15, 0.2) is 30.3 Å². The molecule has 0 amide bonds. The number of aryl methyl sites for hydroxylation is 1. The van der Waals surface area contributed by atoms with Gasteiger partial charge in [0, 0.05) is 12.6 Å². The van der Waals surface area contributed by atoms with Crippen molar-refractivity contribution < 1.29 is 0 Å². The molecule has 3 N–H and O–H groups in total. The van der Waals surface area contributed by atoms with E-state index in [4.69, 9.17) is 5.73 Å². The molecule has 4 heteroatoms. The van der Waals surface area contributed by atoms with Crippen LogP contribution < -0.4 is 11.1 Å². The number of hydrogen-bond acceptors (Lipinski definition) is 4. The highest BCUT2D eigenvalue weighted by atomic mass is 32.1. The Morgan fingerprint density at radius 3 is 2.88 bits per heavy atom. The minimum absolute atomic E-state index is 0.586. The Kier molecular flexibility index (Phi) is 3.41. The van der Waals surface area contributed by atoms with E-state index in [9.17, 15) is 0 Å². The maximum absolute atomic E-state index is 5.54. The molecular formula is C12H15N3S. The minimum atomic E-state index is 0.586. The quantitative estimate of drug-likeness (QED) is 0.853. The minimum Gasteiger partial charge on any atom is -0.383 e. The number of benzene rings is 1. The van der Waals surface area contributed by atoms with Gasteiger partial charge in [-0.15, -0.1) is 0 Å². The first-order valence-electron chi connectivity index (χ1n) is 5.26. The normalized spacial score (nSPS) is 10.3. The van der Waals surface area contributed by atoms with Crippen molar-refractivity contribution in [3.8, 4) is 0 Å². The first-order chi connectivity index (χ1) is 7.75. The molecule has 0 radical (unpaired) electrons. The number of nitrogen functional groups attached to an aromatic ring is 1. The van der Waals surface area contributed by atoms with Crippen molar-refractivity contribution in [1.82, 2.24) is 4.37 Å². The van der Waals surface area contributed by atoms with E-state index in [0.29, 0.717) is 5.82 Å². The average molecular weight is 233 g/mol. The molecule has 0 spiro atoms. The highest BCUT2D eigenvalue weighted by Crippen LogP contribution is 2.17. The zero-order chi connectivity index (χ0) is 11.4. The second-order valence-electron chi connectivity index (χ2n) is 3.72. The number of nitrogens with one attached hydrogen (secondary N) is 1. The molecule has 0 saturated carbocycles. The third-order valence-corrected chi connectivity index (χ3v) is 3.24. The van der Waals surface area contributed by atoms with Crippen LogP contribution in [-0.4, -0.2) is 10.9 Å². The molecule has 0 bridgehead atoms. The van der Waals surface area contributed by atoms with Crippen molar-refractivity contribution in [3.63, 3.8) is 0 Å². The van der Waals surface area contributed by atoms with E-state index in [-0.39, 0.29) is 0 Å². The first-order valence-corrected chi connectivity index (χ1v) is 6.03. The van der Waals surface area contributed by atoms with Crippen LogP contribution in [0.25, 0.3) is 0 Å². The lowest BCUT2D eigenvalue weighted by Gasteiger charge is -2.05. The maximum Gasteiger partial charge on any atom is 0.139 e. The van der Waals surface area contributed by atoms with Gasteiger partial charge in [0.05, 0.1) is 0 Å². The molecule has 1 aromatic carbocycles. The molecule has 0 aliphatic heterocycles. The smallest absolute Gasteiger partial charge is 0.139 e. The third kappa shape index (κ3) is 2.73. The standard InChI is InChI=1S/C12H15N3S/c1-9-4-2-3-5-10(9)6-7-14-12-8-11(13)15-16-12/h2-5,8,14H,6-7H2,1H3,(H2,13,15). The molecule has 0 fully saturated rings. The molecule has 84 valence electrons. The summed E-state index contributed by atoms with van der Waals surface area (Å²) in [4.78, 5) is 0. The number of nitrogens with zero attached hydrogens (tertiary/aromatic N) is 1. The summed E-state index contributed by atoms with van der Waals surface area (Å²) in [6.45, 7) is 3.05. The number of hydrogen-bond donors (Lipinski definition) is 2. The van der Waals surface area contributed by atoms with Crippen LogP contribution in [0.1, 0.15) is 11.1 Å². The fraction of sp³-hybridized carbons (Fsp3) is 0.250. The predicted molar refractivity (Wildman–Crippen MR) is 69.9 cm³/mol. The van der Waals surface area contributed by atoms with Crippen LogP contribution in [-0.2, 0) is 6.42 Å². The molecular weight excluding hydrogens is 218 g/mol. The summed E-state index contributed by atoms with van der Waals surface area (Å²) in [5, 5.41) is 4.35. The molecule has 16 heavy (non-hydrogen) atoms. The van der Waals surface area contributed by atoms with E-state index in [1.165, 1.54) is 22.7 Å². The van der Waals surface area contributed by atoms with Crippen molar-refractivity contribution in [2.45, 2.75) is 13.3 Å². The summed E-state index contributed by atoms with van der Waals surface area (Å²) < 4.78 is 4.02. The van der Waals surface area contributed by atoms with Gasteiger partial charge in [0.1, 0.15) is 10.8 Å². The van der Waals surface area contributed by atoms with Crippen LogP contribution in [0.3, 0.4) is 0 Å². The van der Waals surface area contributed by atoms with Crippen LogP contribution in [0.5, 0.6) is 0 Å². The Bertz CT molecular complexity index is 465. The number of anilines is 2. The largest absolute Gasteiger partial charge is 0.383 e. The van der Waals surface area contributed by atoms with Gasteiger partial charge >= 0.3 is 0 Å². The first kappa shape index (κ1) is 11.0. The van der Waals surface area contributed by atoms with E-state index in [2.05, 4.69) is 40.9 Å². The van der Waals surface area contributed by atoms with E-state index in [1.807, 2.05) is 6.07 Å². The van der Waals surface area contributed by atoms with Gasteiger partial charge in [-0.3, -0.25) is 0 Å². The van der Waals surface area contributed by atoms with Gasteiger partial charge in [-0.2, -0.15) is 4.37 Å². The van der Waals surface area contributed by atoms with Crippen molar-refractivity contribution in [2.75, 3.05) is 17.6 Å². The monoisotopic (exact) mass is 233 g/mol. The lowest BCUT2D eigenvalue weighted by molar-refractivity contribution is 1.01. The van der Waals surface area contributed by atoms with Gasteiger partial charge in [-0.25, -0.2) is 0 Å². The molecule has 0 aliphatic carbocycles. The molecule has 2 aromatic rings. The fourth-order valence-electron chi connectivity index (χ4n) is 1.58. The van der Waals surface area contributed by atoms with Crippen molar-refractivity contribution in [3.05, 3.63) is 41.5 Å². The molecule has 0 unspecified atom stereocenters. The van der Waals surface area contributed by atoms with Gasteiger partial charge in [0.15, 0.2) is 0 Å². The molecule has 0 atom stereocenters. The van der Waals surface area contributed by atoms with Gasteiger partial charge in [0.2, 0.25) is 0 Å². The van der Waals surface area contributed by atoms with E-state index >= 15 is 0 Å². The van der Waals surface area contributed by atoms with Crippen molar-refractivity contribution >= 4 is 22.4 Å².